The number of aryl methyl sites for hydroxylation is 1. The van der Waals surface area contributed by atoms with Crippen molar-refractivity contribution >= 4 is 21.7 Å². The highest BCUT2D eigenvalue weighted by Crippen LogP contribution is 2.26. The highest BCUT2D eigenvalue weighted by atomic mass is 79.9. The molecule has 0 bridgehead atoms. The van der Waals surface area contributed by atoms with Crippen LogP contribution in [0.3, 0.4) is 0 Å². The molecule has 0 radical (unpaired) electrons. The van der Waals surface area contributed by atoms with E-state index >= 15 is 0 Å². The van der Waals surface area contributed by atoms with E-state index in [0.717, 1.165) is 39.8 Å². The average Bonchev–Trinajstić information content (AvgIpc) is 2.46. The van der Waals surface area contributed by atoms with Crippen molar-refractivity contribution < 1.29 is 9.53 Å². The van der Waals surface area contributed by atoms with Crippen LogP contribution in [0, 0.1) is 0 Å². The fraction of sp³-hybridized carbons (Fsp3) is 0.235. The molecule has 0 aliphatic heterocycles. The number of Topliss-reactive ketones (excluding diaryl/α,β-unsaturated/α-hetero) is 1. The Morgan fingerprint density at radius 2 is 2.00 bits per heavy atom. The van der Waals surface area contributed by atoms with Gasteiger partial charge in [0.25, 0.3) is 0 Å². The molecule has 1 aliphatic rings. The molecule has 3 heteroatoms. The van der Waals surface area contributed by atoms with Crippen LogP contribution in [-0.4, -0.2) is 5.78 Å². The number of ketones is 1. The van der Waals surface area contributed by atoms with Gasteiger partial charge in [-0.2, -0.15) is 0 Å². The van der Waals surface area contributed by atoms with E-state index in [-0.39, 0.29) is 5.78 Å². The van der Waals surface area contributed by atoms with Crippen LogP contribution in [0.25, 0.3) is 0 Å². The number of carbonyl (C=O) groups is 1. The summed E-state index contributed by atoms with van der Waals surface area (Å²) in [6.45, 7) is 0.506. The molecule has 1 aliphatic carbocycles. The van der Waals surface area contributed by atoms with Crippen molar-refractivity contribution in [3.63, 3.8) is 0 Å². The van der Waals surface area contributed by atoms with Gasteiger partial charge in [0.2, 0.25) is 0 Å². The molecular weight excluding hydrogens is 316 g/mol. The normalized spacial score (nSPS) is 13.9. The van der Waals surface area contributed by atoms with Crippen molar-refractivity contribution in [3.8, 4) is 5.75 Å². The lowest BCUT2D eigenvalue weighted by Gasteiger charge is -2.16. The Bertz CT molecular complexity index is 649. The molecule has 0 heterocycles. The molecule has 102 valence electrons. The number of hydrogen-bond acceptors (Lipinski definition) is 2. The molecule has 3 rings (SSSR count). The lowest BCUT2D eigenvalue weighted by molar-refractivity contribution is 0.0972. The fourth-order valence-electron chi connectivity index (χ4n) is 2.49. The summed E-state index contributed by atoms with van der Waals surface area (Å²) < 4.78 is 6.83. The van der Waals surface area contributed by atoms with E-state index in [1.807, 2.05) is 42.5 Å². The maximum absolute atomic E-state index is 11.9. The third kappa shape index (κ3) is 2.93. The summed E-state index contributed by atoms with van der Waals surface area (Å²) in [5, 5.41) is 0. The first-order valence-electron chi connectivity index (χ1n) is 6.76. The van der Waals surface area contributed by atoms with E-state index in [1.54, 1.807) is 0 Å². The number of ether oxygens (including phenoxy) is 1. The Kier molecular flexibility index (Phi) is 3.88. The maximum atomic E-state index is 11.9. The number of carbonyl (C=O) groups excluding carboxylic acids is 1. The largest absolute Gasteiger partial charge is 0.489 e. The van der Waals surface area contributed by atoms with Gasteiger partial charge in [-0.1, -0.05) is 34.1 Å². The van der Waals surface area contributed by atoms with E-state index in [0.29, 0.717) is 13.0 Å². The van der Waals surface area contributed by atoms with E-state index < -0.39 is 0 Å². The Morgan fingerprint density at radius 3 is 2.85 bits per heavy atom. The van der Waals surface area contributed by atoms with Gasteiger partial charge in [0, 0.05) is 16.5 Å². The van der Waals surface area contributed by atoms with Crippen molar-refractivity contribution in [2.75, 3.05) is 0 Å². The van der Waals surface area contributed by atoms with E-state index in [9.17, 15) is 4.79 Å². The smallest absolute Gasteiger partial charge is 0.163 e. The van der Waals surface area contributed by atoms with Gasteiger partial charge < -0.3 is 4.74 Å². The molecule has 0 atom stereocenters. The molecule has 2 nitrogen and oxygen atoms in total. The topological polar surface area (TPSA) is 26.3 Å². The average molecular weight is 331 g/mol. The summed E-state index contributed by atoms with van der Waals surface area (Å²) in [5.74, 6) is 0.998. The predicted molar refractivity (Wildman–Crippen MR) is 82.2 cm³/mol. The molecule has 0 amide bonds. The van der Waals surface area contributed by atoms with Crippen LogP contribution in [-0.2, 0) is 13.0 Å². The van der Waals surface area contributed by atoms with Crippen molar-refractivity contribution in [3.05, 3.63) is 63.6 Å². The SMILES string of the molecule is O=C1CCCc2ccc(OCc3cccc(Br)c3)cc21. The molecular formula is C17H15BrO2. The molecule has 0 saturated heterocycles. The molecule has 0 saturated carbocycles. The molecule has 0 spiro atoms. The van der Waals surface area contributed by atoms with Crippen molar-refractivity contribution in [1.29, 1.82) is 0 Å². The number of fused-ring (bicyclic) bond motifs is 1. The minimum absolute atomic E-state index is 0.235. The molecule has 0 unspecified atom stereocenters. The van der Waals surface area contributed by atoms with Crippen LogP contribution in [0.15, 0.2) is 46.9 Å². The van der Waals surface area contributed by atoms with E-state index in [4.69, 9.17) is 4.74 Å². The van der Waals surface area contributed by atoms with Gasteiger partial charge >= 0.3 is 0 Å². The molecule has 0 fully saturated rings. The second kappa shape index (κ2) is 5.80. The number of benzene rings is 2. The number of hydrogen-bond donors (Lipinski definition) is 0. The quantitative estimate of drug-likeness (QED) is 0.825. The first kappa shape index (κ1) is 13.4. The highest BCUT2D eigenvalue weighted by Gasteiger charge is 2.17. The minimum atomic E-state index is 0.235. The number of rotatable bonds is 3. The van der Waals surface area contributed by atoms with Crippen molar-refractivity contribution in [2.45, 2.75) is 25.9 Å². The van der Waals surface area contributed by atoms with Crippen LogP contribution in [0.5, 0.6) is 5.75 Å². The Balaban J connectivity index is 1.75. The van der Waals surface area contributed by atoms with Gasteiger partial charge in [0.1, 0.15) is 12.4 Å². The maximum Gasteiger partial charge on any atom is 0.163 e. The molecule has 2 aromatic carbocycles. The zero-order valence-electron chi connectivity index (χ0n) is 11.1. The van der Waals surface area contributed by atoms with Crippen LogP contribution < -0.4 is 4.74 Å². The monoisotopic (exact) mass is 330 g/mol. The second-order valence-electron chi connectivity index (χ2n) is 5.01. The standard InChI is InChI=1S/C17H15BrO2/c18-14-5-1-3-12(9-14)11-20-15-8-7-13-4-2-6-17(19)16(13)10-15/h1,3,5,7-10H,2,4,6,11H2. The summed E-state index contributed by atoms with van der Waals surface area (Å²) in [6.07, 6.45) is 2.61. The zero-order valence-corrected chi connectivity index (χ0v) is 12.7. The van der Waals surface area contributed by atoms with Gasteiger partial charge in [0.15, 0.2) is 5.78 Å². The first-order valence-corrected chi connectivity index (χ1v) is 7.55. The Hall–Kier alpha value is -1.61. The van der Waals surface area contributed by atoms with Crippen LogP contribution >= 0.6 is 15.9 Å². The van der Waals surface area contributed by atoms with Crippen LogP contribution in [0.2, 0.25) is 0 Å². The van der Waals surface area contributed by atoms with E-state index in [1.165, 1.54) is 0 Å². The third-order valence-electron chi connectivity index (χ3n) is 3.53. The van der Waals surface area contributed by atoms with Crippen molar-refractivity contribution in [1.82, 2.24) is 0 Å². The summed E-state index contributed by atoms with van der Waals surface area (Å²) >= 11 is 3.45. The van der Waals surface area contributed by atoms with Gasteiger partial charge in [-0.15, -0.1) is 0 Å². The van der Waals surface area contributed by atoms with Gasteiger partial charge in [-0.05, 0) is 48.2 Å². The summed E-state index contributed by atoms with van der Waals surface area (Å²) in [7, 11) is 0. The Labute approximate surface area is 126 Å². The van der Waals surface area contributed by atoms with Crippen LogP contribution in [0.4, 0.5) is 0 Å². The van der Waals surface area contributed by atoms with E-state index in [2.05, 4.69) is 15.9 Å². The lowest BCUT2D eigenvalue weighted by atomic mass is 9.90. The Morgan fingerprint density at radius 1 is 1.10 bits per heavy atom. The van der Waals surface area contributed by atoms with Gasteiger partial charge in [-0.25, -0.2) is 0 Å². The summed E-state index contributed by atoms with van der Waals surface area (Å²) in [4.78, 5) is 11.9. The first-order chi connectivity index (χ1) is 9.72. The van der Waals surface area contributed by atoms with Gasteiger partial charge in [0.05, 0.1) is 0 Å². The van der Waals surface area contributed by atoms with Crippen molar-refractivity contribution in [2.24, 2.45) is 0 Å². The second-order valence-corrected chi connectivity index (χ2v) is 5.93. The van der Waals surface area contributed by atoms with Gasteiger partial charge in [-0.3, -0.25) is 4.79 Å². The highest BCUT2D eigenvalue weighted by molar-refractivity contribution is 9.10. The summed E-state index contributed by atoms with van der Waals surface area (Å²) in [5.41, 5.74) is 3.09. The summed E-state index contributed by atoms with van der Waals surface area (Å²) in [6, 6.07) is 13.9. The molecule has 2 aromatic rings. The minimum Gasteiger partial charge on any atom is -0.489 e. The number of halogens is 1. The fourth-order valence-corrected chi connectivity index (χ4v) is 2.94. The molecule has 0 N–H and O–H groups in total. The molecule has 0 aromatic heterocycles. The lowest BCUT2D eigenvalue weighted by Crippen LogP contribution is -2.10. The predicted octanol–water partition coefficient (Wildman–Crippen LogP) is 4.55. The molecule has 20 heavy (non-hydrogen) atoms. The zero-order chi connectivity index (χ0) is 13.9. The third-order valence-corrected chi connectivity index (χ3v) is 4.02. The van der Waals surface area contributed by atoms with Crippen LogP contribution in [0.1, 0.15) is 34.3 Å².